The van der Waals surface area contributed by atoms with Crippen LogP contribution in [0.3, 0.4) is 0 Å². The van der Waals surface area contributed by atoms with Crippen molar-refractivity contribution in [1.82, 2.24) is 0 Å². The molecule has 0 aromatic rings. The van der Waals surface area contributed by atoms with Gasteiger partial charge in [-0.15, -0.1) is 0 Å². The zero-order valence-electron chi connectivity index (χ0n) is 9.72. The van der Waals surface area contributed by atoms with Crippen LogP contribution < -0.4 is 0 Å². The molecule has 0 heterocycles. The Hall–Kier alpha value is -0.0400. The highest BCUT2D eigenvalue weighted by Gasteiger charge is 2.37. The van der Waals surface area contributed by atoms with E-state index in [2.05, 4.69) is 6.92 Å². The summed E-state index contributed by atoms with van der Waals surface area (Å²) in [4.78, 5) is 0. The lowest BCUT2D eigenvalue weighted by Gasteiger charge is -2.44. The summed E-state index contributed by atoms with van der Waals surface area (Å²) < 4.78 is 5.45. The van der Waals surface area contributed by atoms with Crippen LogP contribution >= 0.6 is 0 Å². The quantitative estimate of drug-likeness (QED) is 0.620. The van der Waals surface area contributed by atoms with Gasteiger partial charge in [0, 0.05) is 7.11 Å². The fourth-order valence-corrected chi connectivity index (χ4v) is 3.31. The molecule has 1 nitrogen and oxygen atoms in total. The number of rotatable bonds is 1. The first-order valence-corrected chi connectivity index (χ1v) is 6.27. The van der Waals surface area contributed by atoms with Crippen molar-refractivity contribution >= 4 is 0 Å². The summed E-state index contributed by atoms with van der Waals surface area (Å²) in [7, 11) is 1.87. The Bertz CT molecular complexity index is 170. The summed E-state index contributed by atoms with van der Waals surface area (Å²) in [5.74, 6) is 0.987. The van der Waals surface area contributed by atoms with Crippen molar-refractivity contribution in [3.63, 3.8) is 0 Å². The zero-order chi connectivity index (χ0) is 10.0. The van der Waals surface area contributed by atoms with Gasteiger partial charge in [0.15, 0.2) is 0 Å². The molecule has 0 aromatic carbocycles. The molecule has 2 aliphatic carbocycles. The predicted molar refractivity (Wildman–Crippen MR) is 59.3 cm³/mol. The topological polar surface area (TPSA) is 9.23 Å². The molecular weight excluding hydrogens is 172 g/mol. The second-order valence-corrected chi connectivity index (χ2v) is 5.62. The van der Waals surface area contributed by atoms with Crippen LogP contribution in [0.5, 0.6) is 0 Å². The third kappa shape index (κ3) is 2.13. The van der Waals surface area contributed by atoms with E-state index in [0.717, 1.165) is 11.3 Å². The Kier molecular flexibility index (Phi) is 3.16. The van der Waals surface area contributed by atoms with Gasteiger partial charge in [-0.1, -0.05) is 19.8 Å². The molecule has 2 fully saturated rings. The van der Waals surface area contributed by atoms with Crippen molar-refractivity contribution in [2.24, 2.45) is 11.3 Å². The maximum atomic E-state index is 5.45. The lowest BCUT2D eigenvalue weighted by Crippen LogP contribution is -2.33. The fourth-order valence-electron chi connectivity index (χ4n) is 3.31. The maximum Gasteiger partial charge on any atom is 0.0571 e. The van der Waals surface area contributed by atoms with Crippen molar-refractivity contribution in [2.45, 2.75) is 64.4 Å². The summed E-state index contributed by atoms with van der Waals surface area (Å²) in [6.07, 6.45) is 12.0. The van der Waals surface area contributed by atoms with Crippen molar-refractivity contribution < 1.29 is 4.74 Å². The fraction of sp³-hybridized carbons (Fsp3) is 1.00. The molecule has 0 radical (unpaired) electrons. The molecule has 0 bridgehead atoms. The van der Waals surface area contributed by atoms with E-state index in [4.69, 9.17) is 4.74 Å². The molecule has 2 rings (SSSR count). The monoisotopic (exact) mass is 196 g/mol. The van der Waals surface area contributed by atoms with Crippen molar-refractivity contribution in [1.29, 1.82) is 0 Å². The zero-order valence-corrected chi connectivity index (χ0v) is 9.72. The second-order valence-electron chi connectivity index (χ2n) is 5.62. The summed E-state index contributed by atoms with van der Waals surface area (Å²) in [6.45, 7) is 2.41. The van der Waals surface area contributed by atoms with Crippen LogP contribution in [-0.4, -0.2) is 13.2 Å². The van der Waals surface area contributed by atoms with E-state index >= 15 is 0 Å². The van der Waals surface area contributed by atoms with E-state index < -0.39 is 0 Å². The Labute approximate surface area is 88.2 Å². The van der Waals surface area contributed by atoms with E-state index in [9.17, 15) is 0 Å². The highest BCUT2D eigenvalue weighted by Crippen LogP contribution is 2.48. The van der Waals surface area contributed by atoms with Gasteiger partial charge in [-0.3, -0.25) is 0 Å². The third-order valence-electron chi connectivity index (χ3n) is 4.66. The second kappa shape index (κ2) is 4.22. The Balaban J connectivity index is 1.86. The minimum Gasteiger partial charge on any atom is -0.381 e. The molecule has 1 heteroatoms. The molecule has 0 unspecified atom stereocenters. The largest absolute Gasteiger partial charge is 0.381 e. The minimum atomic E-state index is 0.569. The maximum absolute atomic E-state index is 5.45. The van der Waals surface area contributed by atoms with E-state index in [1.54, 1.807) is 0 Å². The Morgan fingerprint density at radius 1 is 0.929 bits per heavy atom. The molecule has 2 aliphatic rings. The van der Waals surface area contributed by atoms with Gasteiger partial charge in [-0.25, -0.2) is 0 Å². The highest BCUT2D eigenvalue weighted by molar-refractivity contribution is 4.89. The Morgan fingerprint density at radius 2 is 1.43 bits per heavy atom. The van der Waals surface area contributed by atoms with Crippen LogP contribution in [0.15, 0.2) is 0 Å². The smallest absolute Gasteiger partial charge is 0.0571 e. The van der Waals surface area contributed by atoms with Gasteiger partial charge in [-0.05, 0) is 49.9 Å². The molecule has 0 N–H and O–H groups in total. The normalized spacial score (nSPS) is 44.1. The van der Waals surface area contributed by atoms with Crippen LogP contribution in [0.2, 0.25) is 0 Å². The first-order chi connectivity index (χ1) is 6.74. The SMILES string of the molecule is COC1CCC2(CCC(C)CC2)CC1. The third-order valence-corrected chi connectivity index (χ3v) is 4.66. The first-order valence-electron chi connectivity index (χ1n) is 6.27. The predicted octanol–water partition coefficient (Wildman–Crippen LogP) is 3.77. The molecular formula is C13H24O. The average molecular weight is 196 g/mol. The molecule has 0 atom stereocenters. The molecule has 1 spiro atoms. The molecule has 14 heavy (non-hydrogen) atoms. The van der Waals surface area contributed by atoms with E-state index in [1.807, 2.05) is 7.11 Å². The Morgan fingerprint density at radius 3 is 1.93 bits per heavy atom. The molecule has 0 amide bonds. The summed E-state index contributed by atoms with van der Waals surface area (Å²) in [5.41, 5.74) is 0.738. The molecule has 0 aliphatic heterocycles. The van der Waals surface area contributed by atoms with Gasteiger partial charge in [-0.2, -0.15) is 0 Å². The summed E-state index contributed by atoms with van der Waals surface area (Å²) in [5, 5.41) is 0. The van der Waals surface area contributed by atoms with E-state index in [0.29, 0.717) is 6.10 Å². The highest BCUT2D eigenvalue weighted by atomic mass is 16.5. The number of hydrogen-bond acceptors (Lipinski definition) is 1. The van der Waals surface area contributed by atoms with Crippen LogP contribution in [0.25, 0.3) is 0 Å². The van der Waals surface area contributed by atoms with Gasteiger partial charge in [0.2, 0.25) is 0 Å². The number of ether oxygens (including phenoxy) is 1. The van der Waals surface area contributed by atoms with E-state index in [1.165, 1.54) is 51.4 Å². The minimum absolute atomic E-state index is 0.569. The van der Waals surface area contributed by atoms with Crippen molar-refractivity contribution in [3.05, 3.63) is 0 Å². The van der Waals surface area contributed by atoms with Gasteiger partial charge in [0.25, 0.3) is 0 Å². The van der Waals surface area contributed by atoms with Crippen molar-refractivity contribution in [3.8, 4) is 0 Å². The van der Waals surface area contributed by atoms with Gasteiger partial charge in [0.05, 0.1) is 6.10 Å². The molecule has 82 valence electrons. The molecule has 0 saturated heterocycles. The van der Waals surface area contributed by atoms with Crippen LogP contribution in [0.4, 0.5) is 0 Å². The van der Waals surface area contributed by atoms with Crippen LogP contribution in [-0.2, 0) is 4.74 Å². The molecule has 2 saturated carbocycles. The standard InChI is InChI=1S/C13H24O/c1-11-3-7-13(8-4-11)9-5-12(14-2)6-10-13/h11-12H,3-10H2,1-2H3. The average Bonchev–Trinajstić information content (AvgIpc) is 2.24. The lowest BCUT2D eigenvalue weighted by molar-refractivity contribution is 0.00589. The van der Waals surface area contributed by atoms with Crippen LogP contribution in [0, 0.1) is 11.3 Å². The summed E-state index contributed by atoms with van der Waals surface area (Å²) >= 11 is 0. The van der Waals surface area contributed by atoms with Gasteiger partial charge >= 0.3 is 0 Å². The number of hydrogen-bond donors (Lipinski definition) is 0. The molecule has 0 aromatic heterocycles. The van der Waals surface area contributed by atoms with Crippen molar-refractivity contribution in [2.75, 3.05) is 7.11 Å². The summed E-state index contributed by atoms with van der Waals surface area (Å²) in [6, 6.07) is 0. The number of methoxy groups -OCH3 is 1. The van der Waals surface area contributed by atoms with Crippen LogP contribution in [0.1, 0.15) is 58.3 Å². The van der Waals surface area contributed by atoms with Gasteiger partial charge in [0.1, 0.15) is 0 Å². The lowest BCUT2D eigenvalue weighted by atomic mass is 9.63. The van der Waals surface area contributed by atoms with Gasteiger partial charge < -0.3 is 4.74 Å². The van der Waals surface area contributed by atoms with E-state index in [-0.39, 0.29) is 0 Å². The first kappa shape index (κ1) is 10.5.